The highest BCUT2D eigenvalue weighted by atomic mass is 16.3. The molecule has 0 spiro atoms. The maximum atomic E-state index is 13.4. The van der Waals surface area contributed by atoms with Crippen molar-refractivity contribution >= 4 is 22.9 Å². The zero-order valence-corrected chi connectivity index (χ0v) is 17.7. The van der Waals surface area contributed by atoms with Crippen molar-refractivity contribution < 1.29 is 30.0 Å². The van der Waals surface area contributed by atoms with Gasteiger partial charge in [-0.15, -0.1) is 0 Å². The summed E-state index contributed by atoms with van der Waals surface area (Å²) < 4.78 is 0. The highest BCUT2D eigenvalue weighted by molar-refractivity contribution is 6.22. The zero-order valence-electron chi connectivity index (χ0n) is 17.7. The van der Waals surface area contributed by atoms with E-state index in [1.54, 1.807) is 12.1 Å². The summed E-state index contributed by atoms with van der Waals surface area (Å²) in [5, 5.41) is 50.7. The minimum Gasteiger partial charge on any atom is -0.511 e. The summed E-state index contributed by atoms with van der Waals surface area (Å²) in [5.41, 5.74) is 1.30. The first-order chi connectivity index (χ1) is 15.5. The fourth-order valence-corrected chi connectivity index (χ4v) is 3.99. The first-order valence-corrected chi connectivity index (χ1v) is 10.7. The molecule has 2 aliphatic rings. The normalized spacial score (nSPS) is 19.7. The highest BCUT2D eigenvalue weighted by Gasteiger charge is 2.48. The summed E-state index contributed by atoms with van der Waals surface area (Å²) in [7, 11) is 0. The lowest BCUT2D eigenvalue weighted by Gasteiger charge is -2.34. The largest absolute Gasteiger partial charge is 0.511 e. The number of carbonyl (C=O) groups is 2. The first kappa shape index (κ1) is 23.7. The van der Waals surface area contributed by atoms with Crippen molar-refractivity contribution in [3.8, 4) is 0 Å². The van der Waals surface area contributed by atoms with Gasteiger partial charge < -0.3 is 41.7 Å². The van der Waals surface area contributed by atoms with Gasteiger partial charge in [-0.25, -0.2) is 0 Å². The third kappa shape index (κ3) is 4.94. The molecule has 10 heteroatoms. The number of carbonyl (C=O) groups excluding carboxylic acids is 2. The Balaban J connectivity index is 1.93. The summed E-state index contributed by atoms with van der Waals surface area (Å²) in [6.07, 6.45) is 2.49. The fraction of sp³-hybridized carbons (Fsp3) is 0.455. The van der Waals surface area contributed by atoms with Gasteiger partial charge in [0.15, 0.2) is 11.6 Å². The molecule has 2 atom stereocenters. The number of nitrogens with one attached hydrogen (secondary N) is 4. The van der Waals surface area contributed by atoms with Crippen molar-refractivity contribution in [2.75, 3.05) is 63.1 Å². The Morgan fingerprint density at radius 1 is 0.656 bits per heavy atom. The third-order valence-electron chi connectivity index (χ3n) is 5.47. The quantitative estimate of drug-likeness (QED) is 0.208. The molecule has 2 aliphatic carbocycles. The Morgan fingerprint density at radius 2 is 1.06 bits per heavy atom. The molecule has 1 aromatic rings. The van der Waals surface area contributed by atoms with E-state index in [0.29, 0.717) is 50.6 Å². The number of allylic oxidation sites excluding steroid dienone is 4. The minimum atomic E-state index is -1.16. The van der Waals surface area contributed by atoms with Crippen LogP contribution in [0.4, 0.5) is 11.4 Å². The second-order valence-electron chi connectivity index (χ2n) is 7.58. The smallest absolute Gasteiger partial charge is 0.177 e. The average Bonchev–Trinajstić information content (AvgIpc) is 2.78. The lowest BCUT2D eigenvalue weighted by atomic mass is 9.69. The number of hydrogen-bond donors (Lipinski definition) is 8. The van der Waals surface area contributed by atoms with Crippen LogP contribution >= 0.6 is 0 Å². The van der Waals surface area contributed by atoms with Gasteiger partial charge in [-0.05, 0) is 24.3 Å². The summed E-state index contributed by atoms with van der Waals surface area (Å²) >= 11 is 0. The van der Waals surface area contributed by atoms with E-state index in [1.165, 1.54) is 12.2 Å². The molecule has 2 unspecified atom stereocenters. The van der Waals surface area contributed by atoms with Gasteiger partial charge in [0.25, 0.3) is 0 Å². The Morgan fingerprint density at radius 3 is 1.44 bits per heavy atom. The van der Waals surface area contributed by atoms with E-state index in [9.17, 15) is 19.8 Å². The molecule has 10 nitrogen and oxygen atoms in total. The van der Waals surface area contributed by atoms with Crippen LogP contribution in [0, 0.1) is 11.8 Å². The van der Waals surface area contributed by atoms with Gasteiger partial charge >= 0.3 is 0 Å². The standard InChI is InChI=1S/C22H30N4O6/c27-11-9-23-5-7-25-13-1-2-14(26-8-6-24-10-12-28)18-17(13)21(31)19-15(29)3-4-16(30)20(19)22(18)32/h1-4,19-20,23-30H,5-12H2. The van der Waals surface area contributed by atoms with Gasteiger partial charge in [0.2, 0.25) is 0 Å². The van der Waals surface area contributed by atoms with E-state index in [-0.39, 0.29) is 35.9 Å². The van der Waals surface area contributed by atoms with Crippen LogP contribution in [0.2, 0.25) is 0 Å². The lowest BCUT2D eigenvalue weighted by molar-refractivity contribution is 0.0710. The molecule has 3 rings (SSSR count). The van der Waals surface area contributed by atoms with Crippen LogP contribution in [0.5, 0.6) is 0 Å². The van der Waals surface area contributed by atoms with Crippen LogP contribution in [-0.2, 0) is 0 Å². The van der Waals surface area contributed by atoms with E-state index >= 15 is 0 Å². The number of benzene rings is 1. The van der Waals surface area contributed by atoms with Gasteiger partial charge in [-0.3, -0.25) is 9.59 Å². The predicted molar refractivity (Wildman–Crippen MR) is 120 cm³/mol. The van der Waals surface area contributed by atoms with E-state index in [4.69, 9.17) is 10.2 Å². The molecule has 0 fully saturated rings. The third-order valence-corrected chi connectivity index (χ3v) is 5.47. The van der Waals surface area contributed by atoms with E-state index < -0.39 is 23.4 Å². The van der Waals surface area contributed by atoms with Gasteiger partial charge in [0.1, 0.15) is 11.5 Å². The number of ketones is 2. The van der Waals surface area contributed by atoms with Crippen molar-refractivity contribution in [3.63, 3.8) is 0 Å². The molecular formula is C22H30N4O6. The molecule has 174 valence electrons. The van der Waals surface area contributed by atoms with Gasteiger partial charge in [-0.2, -0.15) is 0 Å². The van der Waals surface area contributed by atoms with Crippen molar-refractivity contribution in [1.82, 2.24) is 10.6 Å². The van der Waals surface area contributed by atoms with Crippen LogP contribution in [0.25, 0.3) is 0 Å². The molecule has 0 amide bonds. The molecule has 0 bridgehead atoms. The van der Waals surface area contributed by atoms with Gasteiger partial charge in [0.05, 0.1) is 36.2 Å². The second kappa shape index (κ2) is 11.1. The molecule has 0 radical (unpaired) electrons. The van der Waals surface area contributed by atoms with Crippen LogP contribution < -0.4 is 21.3 Å². The van der Waals surface area contributed by atoms with Gasteiger partial charge in [0, 0.05) is 50.6 Å². The van der Waals surface area contributed by atoms with E-state index in [2.05, 4.69) is 21.3 Å². The molecular weight excluding hydrogens is 416 g/mol. The second-order valence-corrected chi connectivity index (χ2v) is 7.58. The van der Waals surface area contributed by atoms with Crippen molar-refractivity contribution in [1.29, 1.82) is 0 Å². The number of Topliss-reactive ketones (excluding diaryl/α,β-unsaturated/α-hetero) is 2. The van der Waals surface area contributed by atoms with Crippen LogP contribution in [0.15, 0.2) is 35.8 Å². The zero-order chi connectivity index (χ0) is 23.1. The highest BCUT2D eigenvalue weighted by Crippen LogP contribution is 2.44. The summed E-state index contributed by atoms with van der Waals surface area (Å²) in [4.78, 5) is 26.9. The van der Waals surface area contributed by atoms with Crippen LogP contribution in [0.1, 0.15) is 20.7 Å². The summed E-state index contributed by atoms with van der Waals surface area (Å²) in [6, 6.07) is 3.41. The summed E-state index contributed by atoms with van der Waals surface area (Å²) in [6.45, 7) is 2.89. The molecule has 32 heavy (non-hydrogen) atoms. The molecule has 0 saturated heterocycles. The predicted octanol–water partition coefficient (Wildman–Crippen LogP) is 0.183. The maximum absolute atomic E-state index is 13.4. The van der Waals surface area contributed by atoms with Gasteiger partial charge in [-0.1, -0.05) is 0 Å². The Kier molecular flexibility index (Phi) is 8.23. The molecule has 8 N–H and O–H groups in total. The number of aliphatic hydroxyl groups is 4. The first-order valence-electron chi connectivity index (χ1n) is 10.7. The Bertz CT molecular complexity index is 841. The Hall–Kier alpha value is -2.92. The summed E-state index contributed by atoms with van der Waals surface area (Å²) in [5.74, 6) is -3.70. The number of anilines is 2. The van der Waals surface area contributed by atoms with E-state index in [1.807, 2.05) is 0 Å². The van der Waals surface area contributed by atoms with Crippen molar-refractivity contribution in [2.24, 2.45) is 11.8 Å². The van der Waals surface area contributed by atoms with E-state index in [0.717, 1.165) is 0 Å². The fourth-order valence-electron chi connectivity index (χ4n) is 3.99. The Labute approximate surface area is 186 Å². The topological polar surface area (TPSA) is 163 Å². The monoisotopic (exact) mass is 446 g/mol. The molecule has 0 aliphatic heterocycles. The number of rotatable bonds is 12. The molecule has 1 aromatic carbocycles. The van der Waals surface area contributed by atoms with Crippen LogP contribution in [0.3, 0.4) is 0 Å². The van der Waals surface area contributed by atoms with Crippen molar-refractivity contribution in [2.45, 2.75) is 0 Å². The molecule has 0 aromatic heterocycles. The number of fused-ring (bicyclic) bond motifs is 2. The SMILES string of the molecule is O=C1c2c(NCCNCCO)ccc(NCCNCCO)c2C(=O)C2C(O)=CC=C(O)C12. The average molecular weight is 447 g/mol. The molecule has 0 heterocycles. The van der Waals surface area contributed by atoms with Crippen molar-refractivity contribution in [3.05, 3.63) is 46.9 Å². The lowest BCUT2D eigenvalue weighted by Crippen LogP contribution is -2.41. The number of aliphatic hydroxyl groups excluding tert-OH is 4. The minimum absolute atomic E-state index is 0.0155. The molecule has 0 saturated carbocycles. The number of hydrogen-bond acceptors (Lipinski definition) is 10. The maximum Gasteiger partial charge on any atom is 0.177 e. The van der Waals surface area contributed by atoms with Crippen LogP contribution in [-0.4, -0.2) is 84.5 Å².